The summed E-state index contributed by atoms with van der Waals surface area (Å²) in [5.74, 6) is 1.62. The Labute approximate surface area is 127 Å². The lowest BCUT2D eigenvalue weighted by Gasteiger charge is -2.37. The number of hydrogen-bond acceptors (Lipinski definition) is 5. The SMILES string of the molecule is Cl.Cn1nnnc1-c1cc2n(c(=O)c1)C[C@@H]1CNC[C@H]2C1. The van der Waals surface area contributed by atoms with Crippen LogP contribution in [0.15, 0.2) is 16.9 Å². The molecule has 4 heterocycles. The van der Waals surface area contributed by atoms with Crippen LogP contribution in [0, 0.1) is 5.92 Å². The molecular formula is C13H17ClN6O. The highest BCUT2D eigenvalue weighted by atomic mass is 35.5. The van der Waals surface area contributed by atoms with Gasteiger partial charge < -0.3 is 9.88 Å². The van der Waals surface area contributed by atoms with Crippen molar-refractivity contribution < 1.29 is 0 Å². The van der Waals surface area contributed by atoms with Crippen molar-refractivity contribution in [1.82, 2.24) is 30.1 Å². The molecule has 1 fully saturated rings. The fourth-order valence-corrected chi connectivity index (χ4v) is 3.41. The highest BCUT2D eigenvalue weighted by Gasteiger charge is 2.31. The van der Waals surface area contributed by atoms with Gasteiger partial charge in [0.2, 0.25) is 0 Å². The van der Waals surface area contributed by atoms with Gasteiger partial charge in [-0.15, -0.1) is 17.5 Å². The van der Waals surface area contributed by atoms with E-state index in [-0.39, 0.29) is 18.0 Å². The first kappa shape index (κ1) is 14.2. The minimum atomic E-state index is 0. The Balaban J connectivity index is 0.00000132. The largest absolute Gasteiger partial charge is 0.316 e. The molecule has 2 aliphatic rings. The summed E-state index contributed by atoms with van der Waals surface area (Å²) in [6.07, 6.45) is 1.16. The first-order chi connectivity index (χ1) is 9.72. The van der Waals surface area contributed by atoms with Crippen molar-refractivity contribution in [2.75, 3.05) is 13.1 Å². The monoisotopic (exact) mass is 308 g/mol. The fraction of sp³-hybridized carbons (Fsp3) is 0.538. The van der Waals surface area contributed by atoms with Gasteiger partial charge in [0.25, 0.3) is 5.56 Å². The number of aryl methyl sites for hydroxylation is 1. The van der Waals surface area contributed by atoms with E-state index in [1.54, 1.807) is 17.8 Å². The minimum absolute atomic E-state index is 0. The van der Waals surface area contributed by atoms with E-state index in [9.17, 15) is 4.79 Å². The summed E-state index contributed by atoms with van der Waals surface area (Å²) in [7, 11) is 1.78. The van der Waals surface area contributed by atoms with Gasteiger partial charge in [-0.3, -0.25) is 4.79 Å². The Hall–Kier alpha value is -1.73. The maximum absolute atomic E-state index is 12.4. The molecule has 21 heavy (non-hydrogen) atoms. The Kier molecular flexibility index (Phi) is 3.54. The van der Waals surface area contributed by atoms with Crippen molar-refractivity contribution in [2.24, 2.45) is 13.0 Å². The number of rotatable bonds is 1. The van der Waals surface area contributed by atoms with Crippen molar-refractivity contribution in [3.05, 3.63) is 28.2 Å². The van der Waals surface area contributed by atoms with E-state index in [0.29, 0.717) is 17.7 Å². The lowest BCUT2D eigenvalue weighted by molar-refractivity contribution is 0.257. The van der Waals surface area contributed by atoms with E-state index in [2.05, 4.69) is 26.9 Å². The third-order valence-corrected chi connectivity index (χ3v) is 4.34. The first-order valence-electron chi connectivity index (χ1n) is 6.90. The van der Waals surface area contributed by atoms with E-state index in [1.807, 2.05) is 4.57 Å². The molecule has 0 aliphatic carbocycles. The van der Waals surface area contributed by atoms with E-state index in [1.165, 1.54) is 0 Å². The normalized spacial score (nSPS) is 23.3. The molecule has 0 unspecified atom stereocenters. The average molecular weight is 309 g/mol. The molecule has 1 N–H and O–H groups in total. The number of fused-ring (bicyclic) bond motifs is 4. The van der Waals surface area contributed by atoms with Crippen LogP contribution in [-0.2, 0) is 13.6 Å². The lowest BCUT2D eigenvalue weighted by Crippen LogP contribution is -2.44. The number of tetrazole rings is 1. The summed E-state index contributed by atoms with van der Waals surface area (Å²) >= 11 is 0. The molecule has 2 bridgehead atoms. The Morgan fingerprint density at radius 2 is 2.19 bits per heavy atom. The number of pyridine rings is 1. The topological polar surface area (TPSA) is 77.6 Å². The van der Waals surface area contributed by atoms with Crippen molar-refractivity contribution in [1.29, 1.82) is 0 Å². The second kappa shape index (κ2) is 5.23. The number of halogens is 1. The first-order valence-corrected chi connectivity index (χ1v) is 6.90. The van der Waals surface area contributed by atoms with Gasteiger partial charge in [-0.05, 0) is 35.4 Å². The molecule has 1 saturated heterocycles. The quantitative estimate of drug-likeness (QED) is 0.812. The van der Waals surface area contributed by atoms with Gasteiger partial charge in [0, 0.05) is 43.4 Å². The van der Waals surface area contributed by atoms with Gasteiger partial charge in [0.15, 0.2) is 5.82 Å². The summed E-state index contributed by atoms with van der Waals surface area (Å²) in [6, 6.07) is 3.71. The zero-order chi connectivity index (χ0) is 13.7. The predicted octanol–water partition coefficient (Wildman–Crippen LogP) is 0.167. The molecule has 8 heteroatoms. The molecule has 0 radical (unpaired) electrons. The standard InChI is InChI=1S/C13H16N6O.ClH/c1-18-13(15-16-17-18)9-3-11-10-2-8(5-14-6-10)7-19(11)12(20)4-9;/h3-4,8,10,14H,2,5-7H2,1H3;1H/t8-,10+;/m0./s1. The molecule has 2 aromatic rings. The van der Waals surface area contributed by atoms with Crippen LogP contribution in [0.25, 0.3) is 11.4 Å². The Morgan fingerprint density at radius 3 is 2.95 bits per heavy atom. The third-order valence-electron chi connectivity index (χ3n) is 4.34. The Bertz CT molecular complexity index is 724. The smallest absolute Gasteiger partial charge is 0.251 e. The van der Waals surface area contributed by atoms with Gasteiger partial charge in [0.1, 0.15) is 0 Å². The van der Waals surface area contributed by atoms with Crippen molar-refractivity contribution in [2.45, 2.75) is 18.9 Å². The molecule has 0 aromatic carbocycles. The van der Waals surface area contributed by atoms with Crippen molar-refractivity contribution >= 4 is 12.4 Å². The number of aromatic nitrogens is 5. The van der Waals surface area contributed by atoms with Crippen LogP contribution in [0.5, 0.6) is 0 Å². The molecule has 7 nitrogen and oxygen atoms in total. The molecule has 112 valence electrons. The summed E-state index contributed by atoms with van der Waals surface area (Å²) in [4.78, 5) is 12.4. The predicted molar refractivity (Wildman–Crippen MR) is 79.5 cm³/mol. The highest BCUT2D eigenvalue weighted by molar-refractivity contribution is 5.85. The van der Waals surface area contributed by atoms with Crippen molar-refractivity contribution in [3.8, 4) is 11.4 Å². The van der Waals surface area contributed by atoms with Gasteiger partial charge in [0.05, 0.1) is 0 Å². The van der Waals surface area contributed by atoms with Gasteiger partial charge in [-0.2, -0.15) is 0 Å². The third kappa shape index (κ3) is 2.26. The summed E-state index contributed by atoms with van der Waals surface area (Å²) in [5, 5.41) is 14.9. The molecule has 2 aromatic heterocycles. The molecule has 0 saturated carbocycles. The summed E-state index contributed by atoms with van der Waals surface area (Å²) in [5.41, 5.74) is 1.97. The van der Waals surface area contributed by atoms with Crippen LogP contribution < -0.4 is 10.9 Å². The van der Waals surface area contributed by atoms with Gasteiger partial charge in [-0.25, -0.2) is 4.68 Å². The maximum Gasteiger partial charge on any atom is 0.251 e. The highest BCUT2D eigenvalue weighted by Crippen LogP contribution is 2.33. The fourth-order valence-electron chi connectivity index (χ4n) is 3.41. The van der Waals surface area contributed by atoms with Crippen LogP contribution in [0.3, 0.4) is 0 Å². The molecular weight excluding hydrogens is 292 g/mol. The summed E-state index contributed by atoms with van der Waals surface area (Å²) < 4.78 is 3.52. The van der Waals surface area contributed by atoms with E-state index < -0.39 is 0 Å². The minimum Gasteiger partial charge on any atom is -0.316 e. The zero-order valence-electron chi connectivity index (χ0n) is 11.7. The molecule has 2 aliphatic heterocycles. The molecule has 0 amide bonds. The lowest BCUT2D eigenvalue weighted by atomic mass is 9.84. The van der Waals surface area contributed by atoms with Crippen molar-refractivity contribution in [3.63, 3.8) is 0 Å². The average Bonchev–Trinajstić information content (AvgIpc) is 2.86. The van der Waals surface area contributed by atoms with E-state index in [0.717, 1.165) is 37.3 Å². The second-order valence-electron chi connectivity index (χ2n) is 5.70. The van der Waals surface area contributed by atoms with Gasteiger partial charge in [-0.1, -0.05) is 0 Å². The number of hydrogen-bond donors (Lipinski definition) is 1. The zero-order valence-corrected chi connectivity index (χ0v) is 12.5. The number of nitrogens with one attached hydrogen (secondary N) is 1. The number of nitrogens with zero attached hydrogens (tertiary/aromatic N) is 5. The van der Waals surface area contributed by atoms with Crippen LogP contribution in [0.2, 0.25) is 0 Å². The van der Waals surface area contributed by atoms with E-state index >= 15 is 0 Å². The molecule has 0 spiro atoms. The van der Waals surface area contributed by atoms with Crippen LogP contribution in [0.1, 0.15) is 18.0 Å². The van der Waals surface area contributed by atoms with Crippen LogP contribution in [0.4, 0.5) is 0 Å². The van der Waals surface area contributed by atoms with E-state index in [4.69, 9.17) is 0 Å². The van der Waals surface area contributed by atoms with Crippen LogP contribution >= 0.6 is 12.4 Å². The maximum atomic E-state index is 12.4. The number of piperidine rings is 1. The van der Waals surface area contributed by atoms with Crippen LogP contribution in [-0.4, -0.2) is 37.9 Å². The molecule has 4 rings (SSSR count). The second-order valence-corrected chi connectivity index (χ2v) is 5.70. The Morgan fingerprint density at radius 1 is 1.33 bits per heavy atom. The summed E-state index contributed by atoms with van der Waals surface area (Å²) in [6.45, 7) is 2.77. The van der Waals surface area contributed by atoms with Gasteiger partial charge >= 0.3 is 0 Å². The molecule has 2 atom stereocenters.